The second-order valence-electron chi connectivity index (χ2n) is 7.29. The number of aromatic amines is 1. The number of phenols is 1. The maximum absolute atomic E-state index is 12.5. The zero-order valence-corrected chi connectivity index (χ0v) is 16.1. The van der Waals surface area contributed by atoms with Crippen LogP contribution >= 0.6 is 11.6 Å². The molecule has 142 valence electrons. The number of rotatable bonds is 3. The van der Waals surface area contributed by atoms with Gasteiger partial charge in [-0.3, -0.25) is 0 Å². The number of benzene rings is 1. The minimum Gasteiger partial charge on any atom is -0.507 e. The van der Waals surface area contributed by atoms with Crippen LogP contribution in [0.1, 0.15) is 38.4 Å². The van der Waals surface area contributed by atoms with Crippen LogP contribution in [-0.2, 0) is 0 Å². The van der Waals surface area contributed by atoms with E-state index in [2.05, 4.69) is 33.8 Å². The molecule has 27 heavy (non-hydrogen) atoms. The van der Waals surface area contributed by atoms with Gasteiger partial charge in [0, 0.05) is 28.6 Å². The van der Waals surface area contributed by atoms with E-state index in [4.69, 9.17) is 11.6 Å². The van der Waals surface area contributed by atoms with E-state index in [0.717, 1.165) is 25.9 Å². The fourth-order valence-corrected chi connectivity index (χ4v) is 3.81. The molecule has 1 aliphatic rings. The van der Waals surface area contributed by atoms with Gasteiger partial charge in [-0.15, -0.1) is 5.10 Å². The van der Waals surface area contributed by atoms with Gasteiger partial charge in [0.25, 0.3) is 0 Å². The molecule has 0 spiro atoms. The summed E-state index contributed by atoms with van der Waals surface area (Å²) in [5, 5.41) is 15.0. The number of fused-ring (bicyclic) bond motifs is 1. The smallest absolute Gasteiger partial charge is 0.348 e. The van der Waals surface area contributed by atoms with Crippen molar-refractivity contribution in [1.29, 1.82) is 0 Å². The normalized spacial score (nSPS) is 16.4. The van der Waals surface area contributed by atoms with E-state index in [1.165, 1.54) is 10.6 Å². The first-order valence-corrected chi connectivity index (χ1v) is 9.53. The average molecular weight is 388 g/mol. The highest BCUT2D eigenvalue weighted by Gasteiger charge is 2.25. The van der Waals surface area contributed by atoms with Crippen molar-refractivity contribution in [2.45, 2.75) is 38.6 Å². The van der Waals surface area contributed by atoms with Gasteiger partial charge in [-0.1, -0.05) is 11.6 Å². The quantitative estimate of drug-likeness (QED) is 0.721. The molecule has 3 aromatic rings. The van der Waals surface area contributed by atoms with Gasteiger partial charge in [-0.05, 0) is 58.0 Å². The van der Waals surface area contributed by atoms with Gasteiger partial charge >= 0.3 is 5.69 Å². The van der Waals surface area contributed by atoms with Gasteiger partial charge < -0.3 is 15.0 Å². The van der Waals surface area contributed by atoms with Crippen molar-refractivity contribution in [2.24, 2.45) is 0 Å². The van der Waals surface area contributed by atoms with E-state index in [0.29, 0.717) is 33.8 Å². The van der Waals surface area contributed by atoms with E-state index in [1.807, 2.05) is 0 Å². The third-order valence-corrected chi connectivity index (χ3v) is 5.47. The number of likely N-dealkylation sites (tertiary alicyclic amines) is 1. The van der Waals surface area contributed by atoms with Crippen molar-refractivity contribution in [3.8, 4) is 17.0 Å². The van der Waals surface area contributed by atoms with Crippen molar-refractivity contribution in [3.63, 3.8) is 0 Å². The summed E-state index contributed by atoms with van der Waals surface area (Å²) >= 11 is 5.89. The number of halogens is 1. The Balaban J connectivity index is 1.67. The van der Waals surface area contributed by atoms with Crippen LogP contribution in [-0.4, -0.2) is 48.7 Å². The maximum Gasteiger partial charge on any atom is 0.348 e. The number of hydrogen-bond acceptors (Lipinski definition) is 5. The maximum atomic E-state index is 12.5. The third-order valence-electron chi connectivity index (χ3n) is 5.23. The molecule has 0 radical (unpaired) electrons. The van der Waals surface area contributed by atoms with Gasteiger partial charge in [-0.25, -0.2) is 9.78 Å². The fraction of sp³-hybridized carbons (Fsp3) is 0.421. The van der Waals surface area contributed by atoms with Crippen LogP contribution in [0.4, 0.5) is 0 Å². The van der Waals surface area contributed by atoms with E-state index in [9.17, 15) is 9.90 Å². The molecule has 3 heterocycles. The second-order valence-corrected chi connectivity index (χ2v) is 7.73. The summed E-state index contributed by atoms with van der Waals surface area (Å²) in [5.74, 6) is 0.969. The van der Waals surface area contributed by atoms with Crippen LogP contribution < -0.4 is 5.69 Å². The number of hydrogen-bond donors (Lipinski definition) is 2. The Hall–Kier alpha value is -2.38. The zero-order valence-electron chi connectivity index (χ0n) is 15.3. The lowest BCUT2D eigenvalue weighted by molar-refractivity contribution is 0.169. The van der Waals surface area contributed by atoms with E-state index in [-0.39, 0.29) is 17.4 Å². The number of phenolic OH excluding ortho intramolecular Hbond substituents is 1. The number of aromatic nitrogens is 4. The highest BCUT2D eigenvalue weighted by Crippen LogP contribution is 2.31. The van der Waals surface area contributed by atoms with E-state index >= 15 is 0 Å². The lowest BCUT2D eigenvalue weighted by Gasteiger charge is -2.33. The predicted molar refractivity (Wildman–Crippen MR) is 104 cm³/mol. The number of piperidine rings is 1. The number of nitrogens with zero attached hydrogens (tertiary/aromatic N) is 4. The van der Waals surface area contributed by atoms with Gasteiger partial charge in [0.15, 0.2) is 11.5 Å². The van der Waals surface area contributed by atoms with E-state index in [1.54, 1.807) is 18.2 Å². The highest BCUT2D eigenvalue weighted by molar-refractivity contribution is 6.30. The summed E-state index contributed by atoms with van der Waals surface area (Å²) in [6.45, 7) is 6.43. The van der Waals surface area contributed by atoms with Crippen molar-refractivity contribution >= 4 is 17.2 Å². The van der Waals surface area contributed by atoms with Crippen molar-refractivity contribution in [3.05, 3.63) is 45.6 Å². The molecular formula is C19H22ClN5O2. The molecule has 4 rings (SSSR count). The molecule has 2 N–H and O–H groups in total. The van der Waals surface area contributed by atoms with Crippen molar-refractivity contribution in [2.75, 3.05) is 13.1 Å². The predicted octanol–water partition coefficient (Wildman–Crippen LogP) is 3.03. The summed E-state index contributed by atoms with van der Waals surface area (Å²) in [4.78, 5) is 22.3. The molecule has 1 aromatic carbocycles. The average Bonchev–Trinajstić information content (AvgIpc) is 3.06. The molecule has 0 saturated carbocycles. The first-order chi connectivity index (χ1) is 12.9. The third kappa shape index (κ3) is 3.44. The van der Waals surface area contributed by atoms with Gasteiger partial charge in [0.2, 0.25) is 0 Å². The van der Waals surface area contributed by atoms with Crippen LogP contribution in [0.3, 0.4) is 0 Å². The van der Waals surface area contributed by atoms with Crippen LogP contribution in [0.5, 0.6) is 5.75 Å². The van der Waals surface area contributed by atoms with Crippen LogP contribution in [0.25, 0.3) is 16.9 Å². The Labute approximate surface area is 161 Å². The van der Waals surface area contributed by atoms with Gasteiger partial charge in [0.05, 0.1) is 5.69 Å². The minimum absolute atomic E-state index is 0.00305. The molecule has 8 heteroatoms. The van der Waals surface area contributed by atoms with Gasteiger partial charge in [0.1, 0.15) is 5.75 Å². The standard InChI is InChI=1S/C19H22ClN5O2/c1-11(2)24-7-5-12(6-8-24)18-22-17-10-15(21-19(27)25(17)23-18)14-4-3-13(20)9-16(14)26/h3-4,9-12,26H,5-8H2,1-2H3,(H,21,27). The Morgan fingerprint density at radius 3 is 2.67 bits per heavy atom. The number of nitrogens with one attached hydrogen (secondary N) is 1. The monoisotopic (exact) mass is 387 g/mol. The molecule has 0 amide bonds. The number of aromatic hydroxyl groups is 1. The zero-order chi connectivity index (χ0) is 19.1. The second kappa shape index (κ2) is 6.98. The molecule has 0 bridgehead atoms. The lowest BCUT2D eigenvalue weighted by Crippen LogP contribution is -2.38. The summed E-state index contributed by atoms with van der Waals surface area (Å²) in [5.41, 5.74) is 1.07. The first-order valence-electron chi connectivity index (χ1n) is 9.15. The van der Waals surface area contributed by atoms with Crippen LogP contribution in [0, 0.1) is 0 Å². The summed E-state index contributed by atoms with van der Waals surface area (Å²) in [6, 6.07) is 7.04. The topological polar surface area (TPSA) is 86.5 Å². The molecule has 0 unspecified atom stereocenters. The summed E-state index contributed by atoms with van der Waals surface area (Å²) in [6.07, 6.45) is 1.97. The molecular weight excluding hydrogens is 366 g/mol. The molecule has 1 saturated heterocycles. The minimum atomic E-state index is -0.379. The Bertz CT molecular complexity index is 1030. The molecule has 0 aliphatic carbocycles. The number of H-pyrrole nitrogens is 1. The van der Waals surface area contributed by atoms with Crippen LogP contribution in [0.2, 0.25) is 5.02 Å². The van der Waals surface area contributed by atoms with E-state index < -0.39 is 0 Å². The Kier molecular flexibility index (Phi) is 4.65. The molecule has 0 atom stereocenters. The highest BCUT2D eigenvalue weighted by atomic mass is 35.5. The summed E-state index contributed by atoms with van der Waals surface area (Å²) in [7, 11) is 0. The molecule has 2 aromatic heterocycles. The largest absolute Gasteiger partial charge is 0.507 e. The van der Waals surface area contributed by atoms with Crippen LogP contribution in [0.15, 0.2) is 29.1 Å². The van der Waals surface area contributed by atoms with Crippen molar-refractivity contribution in [1.82, 2.24) is 24.5 Å². The molecule has 1 aliphatic heterocycles. The fourth-order valence-electron chi connectivity index (χ4n) is 3.64. The van der Waals surface area contributed by atoms with Gasteiger partial charge in [-0.2, -0.15) is 4.52 Å². The lowest BCUT2D eigenvalue weighted by atomic mass is 9.95. The SMILES string of the molecule is CC(C)N1CCC(c2nc3cc(-c4ccc(Cl)cc4O)[nH]c(=O)n3n2)CC1. The molecule has 7 nitrogen and oxygen atoms in total. The summed E-state index contributed by atoms with van der Waals surface area (Å²) < 4.78 is 1.29. The Morgan fingerprint density at radius 2 is 2.00 bits per heavy atom. The van der Waals surface area contributed by atoms with Crippen molar-refractivity contribution < 1.29 is 5.11 Å². The Morgan fingerprint density at radius 1 is 1.26 bits per heavy atom. The molecule has 1 fully saturated rings. The first kappa shape index (κ1) is 18.0.